The van der Waals surface area contributed by atoms with Gasteiger partial charge in [-0.3, -0.25) is 9.97 Å². The van der Waals surface area contributed by atoms with Crippen LogP contribution in [-0.2, 0) is 6.42 Å². The lowest BCUT2D eigenvalue weighted by Gasteiger charge is -2.29. The van der Waals surface area contributed by atoms with E-state index >= 15 is 0 Å². The van der Waals surface area contributed by atoms with Crippen LogP contribution in [0.15, 0.2) is 49.1 Å². The van der Waals surface area contributed by atoms with Crippen molar-refractivity contribution in [1.82, 2.24) is 29.6 Å². The van der Waals surface area contributed by atoms with Gasteiger partial charge in [-0.2, -0.15) is 5.10 Å². The molecule has 4 rings (SSSR count). The molecule has 1 aliphatic heterocycles. The zero-order valence-electron chi connectivity index (χ0n) is 14.4. The Morgan fingerprint density at radius 1 is 1.12 bits per heavy atom. The summed E-state index contributed by atoms with van der Waals surface area (Å²) >= 11 is 0. The van der Waals surface area contributed by atoms with Crippen LogP contribution in [-0.4, -0.2) is 49.8 Å². The number of rotatable bonds is 4. The van der Waals surface area contributed by atoms with Crippen molar-refractivity contribution in [3.05, 3.63) is 66.3 Å². The maximum Gasteiger partial charge on any atom is 0.155 e. The first kappa shape index (κ1) is 15.9. The second-order valence-electron chi connectivity index (χ2n) is 6.64. The molecule has 0 aliphatic carbocycles. The first-order chi connectivity index (χ1) is 12.3. The van der Waals surface area contributed by atoms with E-state index in [9.17, 15) is 0 Å². The quantitative estimate of drug-likeness (QED) is 0.733. The summed E-state index contributed by atoms with van der Waals surface area (Å²) in [6.07, 6.45) is 10.3. The van der Waals surface area contributed by atoms with Crippen molar-refractivity contribution in [1.29, 1.82) is 0 Å². The van der Waals surface area contributed by atoms with E-state index in [0.29, 0.717) is 12.3 Å². The van der Waals surface area contributed by atoms with Gasteiger partial charge < -0.3 is 4.90 Å². The Balaban J connectivity index is 1.70. The van der Waals surface area contributed by atoms with Crippen molar-refractivity contribution in [3.8, 4) is 5.69 Å². The number of nitrogens with zero attached hydrogens (tertiary/aromatic N) is 6. The summed E-state index contributed by atoms with van der Waals surface area (Å²) in [5.74, 6) is 2.30. The van der Waals surface area contributed by atoms with E-state index in [1.165, 1.54) is 6.42 Å². The van der Waals surface area contributed by atoms with Crippen LogP contribution in [0.5, 0.6) is 0 Å². The number of likely N-dealkylation sites (N-methyl/N-ethyl adjacent to an activating group) is 1. The second kappa shape index (κ2) is 7.11. The van der Waals surface area contributed by atoms with Crippen LogP contribution in [0.4, 0.5) is 0 Å². The summed E-state index contributed by atoms with van der Waals surface area (Å²) in [7, 11) is 2.18. The molecule has 3 aromatic rings. The Kier molecular flexibility index (Phi) is 4.52. The zero-order chi connectivity index (χ0) is 17.1. The molecule has 128 valence electrons. The third kappa shape index (κ3) is 3.58. The topological polar surface area (TPSA) is 59.7 Å². The molecular formula is C19H22N6. The predicted molar refractivity (Wildman–Crippen MR) is 95.7 cm³/mol. The molecule has 25 heavy (non-hydrogen) atoms. The van der Waals surface area contributed by atoms with E-state index in [2.05, 4.69) is 28.0 Å². The number of piperidine rings is 1. The second-order valence-corrected chi connectivity index (χ2v) is 6.64. The Morgan fingerprint density at radius 3 is 2.76 bits per heavy atom. The maximum atomic E-state index is 4.92. The van der Waals surface area contributed by atoms with E-state index < -0.39 is 0 Å². The van der Waals surface area contributed by atoms with Crippen LogP contribution >= 0.6 is 0 Å². The molecule has 0 saturated carbocycles. The summed E-state index contributed by atoms with van der Waals surface area (Å²) in [5.41, 5.74) is 2.14. The molecule has 1 fully saturated rings. The molecule has 4 heterocycles. The van der Waals surface area contributed by atoms with Crippen LogP contribution in [0.3, 0.4) is 0 Å². The van der Waals surface area contributed by atoms with Crippen molar-refractivity contribution in [2.24, 2.45) is 0 Å². The molecule has 0 aromatic carbocycles. The highest BCUT2D eigenvalue weighted by Gasteiger charge is 2.25. The Morgan fingerprint density at radius 2 is 2.00 bits per heavy atom. The number of hydrogen-bond donors (Lipinski definition) is 0. The fraction of sp³-hybridized carbons (Fsp3) is 0.368. The monoisotopic (exact) mass is 334 g/mol. The van der Waals surface area contributed by atoms with Crippen LogP contribution in [0.25, 0.3) is 5.69 Å². The van der Waals surface area contributed by atoms with Crippen molar-refractivity contribution < 1.29 is 0 Å². The molecule has 1 atom stereocenters. The van der Waals surface area contributed by atoms with Crippen LogP contribution in [0.1, 0.15) is 36.0 Å². The number of hydrogen-bond acceptors (Lipinski definition) is 5. The van der Waals surface area contributed by atoms with Gasteiger partial charge in [-0.15, -0.1) is 0 Å². The van der Waals surface area contributed by atoms with Crippen LogP contribution in [0.2, 0.25) is 0 Å². The van der Waals surface area contributed by atoms with Gasteiger partial charge in [-0.05, 0) is 50.2 Å². The third-order valence-electron chi connectivity index (χ3n) is 4.66. The highest BCUT2D eigenvalue weighted by atomic mass is 15.4. The van der Waals surface area contributed by atoms with Gasteiger partial charge in [0.2, 0.25) is 0 Å². The summed E-state index contributed by atoms with van der Waals surface area (Å²) in [6.45, 7) is 2.18. The van der Waals surface area contributed by atoms with Crippen molar-refractivity contribution in [2.45, 2.75) is 25.2 Å². The molecule has 6 heteroatoms. The van der Waals surface area contributed by atoms with Gasteiger partial charge in [-0.1, -0.05) is 6.07 Å². The lowest BCUT2D eigenvalue weighted by Crippen LogP contribution is -2.32. The van der Waals surface area contributed by atoms with Gasteiger partial charge in [0.15, 0.2) is 5.82 Å². The normalized spacial score (nSPS) is 18.4. The largest absolute Gasteiger partial charge is 0.306 e. The highest BCUT2D eigenvalue weighted by Crippen LogP contribution is 2.27. The van der Waals surface area contributed by atoms with Gasteiger partial charge in [0.1, 0.15) is 5.82 Å². The fourth-order valence-corrected chi connectivity index (χ4v) is 3.45. The number of likely N-dealkylation sites (tertiary alicyclic amines) is 1. The van der Waals surface area contributed by atoms with E-state index in [4.69, 9.17) is 10.1 Å². The predicted octanol–water partition coefficient (Wildman–Crippen LogP) is 2.46. The third-order valence-corrected chi connectivity index (χ3v) is 4.66. The van der Waals surface area contributed by atoms with Gasteiger partial charge in [-0.25, -0.2) is 9.67 Å². The van der Waals surface area contributed by atoms with Crippen LogP contribution < -0.4 is 0 Å². The van der Waals surface area contributed by atoms with Gasteiger partial charge in [0.05, 0.1) is 5.69 Å². The molecule has 1 aliphatic rings. The van der Waals surface area contributed by atoms with E-state index in [-0.39, 0.29) is 0 Å². The fourth-order valence-electron chi connectivity index (χ4n) is 3.45. The Bertz CT molecular complexity index is 814. The molecule has 0 unspecified atom stereocenters. The minimum atomic E-state index is 0.405. The maximum absolute atomic E-state index is 4.92. The van der Waals surface area contributed by atoms with E-state index in [1.807, 2.05) is 29.1 Å². The van der Waals surface area contributed by atoms with Crippen molar-refractivity contribution in [2.75, 3.05) is 20.1 Å². The molecular weight excluding hydrogens is 312 g/mol. The smallest absolute Gasteiger partial charge is 0.155 e. The van der Waals surface area contributed by atoms with Gasteiger partial charge >= 0.3 is 0 Å². The van der Waals surface area contributed by atoms with Crippen molar-refractivity contribution in [3.63, 3.8) is 0 Å². The molecule has 0 N–H and O–H groups in total. The van der Waals surface area contributed by atoms with E-state index in [1.54, 1.807) is 18.6 Å². The molecule has 1 saturated heterocycles. The summed E-state index contributed by atoms with van der Waals surface area (Å²) in [5, 5.41) is 4.81. The molecule has 0 bridgehead atoms. The number of pyridine rings is 2. The van der Waals surface area contributed by atoms with Gasteiger partial charge in [0.25, 0.3) is 0 Å². The summed E-state index contributed by atoms with van der Waals surface area (Å²) in [4.78, 5) is 15.6. The molecule has 0 radical (unpaired) electrons. The van der Waals surface area contributed by atoms with Crippen molar-refractivity contribution >= 4 is 0 Å². The number of aromatic nitrogens is 5. The lowest BCUT2D eigenvalue weighted by atomic mass is 9.97. The molecule has 3 aromatic heterocycles. The average Bonchev–Trinajstić information content (AvgIpc) is 3.07. The van der Waals surface area contributed by atoms with Gasteiger partial charge in [0, 0.05) is 43.7 Å². The molecule has 0 spiro atoms. The zero-order valence-corrected chi connectivity index (χ0v) is 14.4. The lowest BCUT2D eigenvalue weighted by molar-refractivity contribution is 0.244. The first-order valence-electron chi connectivity index (χ1n) is 8.73. The minimum absolute atomic E-state index is 0.405. The highest BCUT2D eigenvalue weighted by molar-refractivity contribution is 5.30. The Hall–Kier alpha value is -2.60. The minimum Gasteiger partial charge on any atom is -0.306 e. The van der Waals surface area contributed by atoms with E-state index in [0.717, 1.165) is 42.4 Å². The Labute approximate surface area is 147 Å². The SMILES string of the molecule is CN1CCC[C@H](c2nc(Cc3cccnc3)nn2-c2ccncc2)C1. The first-order valence-corrected chi connectivity index (χ1v) is 8.73. The summed E-state index contributed by atoms with van der Waals surface area (Å²) < 4.78 is 2.00. The van der Waals surface area contributed by atoms with Crippen LogP contribution in [0, 0.1) is 0 Å². The standard InChI is InChI=1S/C19H22N6/c1-24-11-3-5-16(14-24)19-22-18(12-15-4-2-8-21-13-15)23-25(19)17-6-9-20-10-7-17/h2,4,6-10,13,16H,3,5,11-12,14H2,1H3/t16-/m0/s1. The summed E-state index contributed by atoms with van der Waals surface area (Å²) in [6, 6.07) is 7.98. The molecule has 0 amide bonds. The average molecular weight is 334 g/mol. The molecule has 6 nitrogen and oxygen atoms in total.